The molecule has 1 N–H and O–H groups in total. The lowest BCUT2D eigenvalue weighted by Crippen LogP contribution is -2.50. The minimum absolute atomic E-state index is 0.0295. The predicted octanol–water partition coefficient (Wildman–Crippen LogP) is 3.34. The number of carbonyl (C=O) groups excluding carboxylic acids is 2. The average molecular weight is 434 g/mol. The number of pyridine rings is 1. The van der Waals surface area contributed by atoms with Crippen LogP contribution in [0.2, 0.25) is 0 Å². The van der Waals surface area contributed by atoms with Gasteiger partial charge < -0.3 is 10.1 Å². The summed E-state index contributed by atoms with van der Waals surface area (Å²) in [6, 6.07) is -0.298. The lowest BCUT2D eigenvalue weighted by Gasteiger charge is -2.30. The van der Waals surface area contributed by atoms with Crippen molar-refractivity contribution in [1.29, 1.82) is 0 Å². The van der Waals surface area contributed by atoms with Gasteiger partial charge in [-0.3, -0.25) is 14.7 Å². The Morgan fingerprint density at radius 1 is 1.46 bits per heavy atom. The molecule has 2 heterocycles. The molecule has 1 aliphatic heterocycles. The maximum absolute atomic E-state index is 14.1. The maximum Gasteiger partial charge on any atom is 0.411 e. The molecule has 0 bridgehead atoms. The molecule has 0 saturated carbocycles. The van der Waals surface area contributed by atoms with Crippen LogP contribution in [0.5, 0.6) is 0 Å². The molecule has 2 rings (SSSR count). The number of alkyl halides is 1. The van der Waals surface area contributed by atoms with Gasteiger partial charge in [0, 0.05) is 6.42 Å². The van der Waals surface area contributed by atoms with E-state index in [1.54, 1.807) is 27.7 Å². The Hall–Kier alpha value is -1.77. The van der Waals surface area contributed by atoms with Crippen molar-refractivity contribution < 1.29 is 23.1 Å². The molecule has 0 spiro atoms. The summed E-state index contributed by atoms with van der Waals surface area (Å²) >= 11 is 3.04. The number of halogens is 3. The quantitative estimate of drug-likeness (QED) is 0.793. The molecule has 0 radical (unpaired) electrons. The minimum Gasteiger partial charge on any atom is -0.444 e. The highest BCUT2D eigenvalue weighted by molar-refractivity contribution is 9.10. The Labute approximate surface area is 159 Å². The fourth-order valence-electron chi connectivity index (χ4n) is 2.67. The molecule has 26 heavy (non-hydrogen) atoms. The summed E-state index contributed by atoms with van der Waals surface area (Å²) in [4.78, 5) is 29.9. The highest BCUT2D eigenvalue weighted by Gasteiger charge is 2.46. The largest absolute Gasteiger partial charge is 0.444 e. The molecule has 3 atom stereocenters. The molecule has 2 amide bonds. The van der Waals surface area contributed by atoms with Crippen LogP contribution in [0, 0.1) is 5.82 Å². The van der Waals surface area contributed by atoms with Gasteiger partial charge in [0.1, 0.15) is 17.8 Å². The summed E-state index contributed by atoms with van der Waals surface area (Å²) < 4.78 is 32.9. The summed E-state index contributed by atoms with van der Waals surface area (Å²) in [7, 11) is 0. The van der Waals surface area contributed by atoms with E-state index in [1.165, 1.54) is 6.07 Å². The normalized spacial score (nSPS) is 23.0. The van der Waals surface area contributed by atoms with E-state index in [4.69, 9.17) is 4.74 Å². The van der Waals surface area contributed by atoms with E-state index in [2.05, 4.69) is 26.2 Å². The number of carbonyl (C=O) groups is 2. The van der Waals surface area contributed by atoms with Crippen LogP contribution in [0.15, 0.2) is 16.7 Å². The number of hydrogen-bond acceptors (Lipinski definition) is 4. The third-order valence-corrected chi connectivity index (χ3v) is 4.57. The molecule has 1 fully saturated rings. The first kappa shape index (κ1) is 20.5. The van der Waals surface area contributed by atoms with Crippen molar-refractivity contribution in [3.8, 4) is 0 Å². The van der Waals surface area contributed by atoms with Gasteiger partial charge in [-0.25, -0.2) is 13.6 Å². The van der Waals surface area contributed by atoms with Crippen LogP contribution in [0.3, 0.4) is 0 Å². The van der Waals surface area contributed by atoms with Crippen molar-refractivity contribution in [2.45, 2.75) is 64.5 Å². The average Bonchev–Trinajstić information content (AvgIpc) is 2.82. The number of amides is 2. The topological polar surface area (TPSA) is 71.5 Å². The fourth-order valence-corrected chi connectivity index (χ4v) is 3.04. The van der Waals surface area contributed by atoms with E-state index >= 15 is 0 Å². The van der Waals surface area contributed by atoms with Crippen LogP contribution in [0.4, 0.5) is 13.6 Å². The number of likely N-dealkylation sites (tertiary alicyclic amines) is 1. The van der Waals surface area contributed by atoms with Gasteiger partial charge in [0.2, 0.25) is 5.91 Å². The molecule has 6 nitrogen and oxygen atoms in total. The summed E-state index contributed by atoms with van der Waals surface area (Å²) in [5.41, 5.74) is -0.324. The molecular formula is C17H22BrF2N3O3. The molecule has 0 aromatic carbocycles. The molecule has 0 aliphatic carbocycles. The van der Waals surface area contributed by atoms with Crippen molar-refractivity contribution in [3.05, 3.63) is 28.2 Å². The molecule has 1 aliphatic rings. The Kier molecular flexibility index (Phi) is 6.21. The van der Waals surface area contributed by atoms with Crippen LogP contribution < -0.4 is 5.32 Å². The Morgan fingerprint density at radius 3 is 2.69 bits per heavy atom. The van der Waals surface area contributed by atoms with E-state index < -0.39 is 41.7 Å². The highest BCUT2D eigenvalue weighted by atomic mass is 79.9. The zero-order chi connectivity index (χ0) is 19.6. The standard InChI is InChI=1S/C17H22BrF2N3O3/c1-9-12(19)6-14(23(9)16(25)26-17(2,3)4)15(24)22-7-10-5-11(18)13(20)8-21-10/h5,8-9,12,14H,6-7H2,1-4H3,(H,22,24). The van der Waals surface area contributed by atoms with E-state index in [1.807, 2.05) is 0 Å². The first-order valence-electron chi connectivity index (χ1n) is 8.22. The minimum atomic E-state index is -1.32. The first-order chi connectivity index (χ1) is 12.0. The molecule has 9 heteroatoms. The number of nitrogens with one attached hydrogen (secondary N) is 1. The second kappa shape index (κ2) is 7.85. The van der Waals surface area contributed by atoms with Gasteiger partial charge in [-0.05, 0) is 49.7 Å². The van der Waals surface area contributed by atoms with Crippen LogP contribution in [-0.4, -0.2) is 45.7 Å². The van der Waals surface area contributed by atoms with Crippen molar-refractivity contribution in [2.24, 2.45) is 0 Å². The van der Waals surface area contributed by atoms with Gasteiger partial charge in [-0.15, -0.1) is 0 Å². The number of rotatable bonds is 3. The second-order valence-electron chi connectivity index (χ2n) is 7.20. The fraction of sp³-hybridized carbons (Fsp3) is 0.588. The summed E-state index contributed by atoms with van der Waals surface area (Å²) in [5.74, 6) is -1.02. The highest BCUT2D eigenvalue weighted by Crippen LogP contribution is 2.29. The monoisotopic (exact) mass is 433 g/mol. The van der Waals surface area contributed by atoms with Gasteiger partial charge >= 0.3 is 6.09 Å². The number of nitrogens with zero attached hydrogens (tertiary/aromatic N) is 2. The van der Waals surface area contributed by atoms with Crippen molar-refractivity contribution in [2.75, 3.05) is 0 Å². The van der Waals surface area contributed by atoms with Gasteiger partial charge in [-0.2, -0.15) is 0 Å². The second-order valence-corrected chi connectivity index (χ2v) is 8.06. The predicted molar refractivity (Wildman–Crippen MR) is 94.6 cm³/mol. The zero-order valence-electron chi connectivity index (χ0n) is 15.1. The molecular weight excluding hydrogens is 412 g/mol. The Bertz CT molecular complexity index is 696. The molecule has 1 aromatic heterocycles. The molecule has 1 saturated heterocycles. The molecule has 144 valence electrons. The number of aromatic nitrogens is 1. The van der Waals surface area contributed by atoms with Crippen molar-refractivity contribution in [3.63, 3.8) is 0 Å². The SMILES string of the molecule is CC1C(F)CC(C(=O)NCc2cc(Br)c(F)cn2)N1C(=O)OC(C)(C)C. The van der Waals surface area contributed by atoms with Gasteiger partial charge in [-0.1, -0.05) is 0 Å². The van der Waals surface area contributed by atoms with E-state index in [0.717, 1.165) is 11.1 Å². The van der Waals surface area contributed by atoms with Crippen molar-refractivity contribution in [1.82, 2.24) is 15.2 Å². The third-order valence-electron chi connectivity index (χ3n) is 3.96. The Morgan fingerprint density at radius 2 is 2.12 bits per heavy atom. The van der Waals surface area contributed by atoms with Gasteiger partial charge in [0.15, 0.2) is 5.82 Å². The smallest absolute Gasteiger partial charge is 0.411 e. The maximum atomic E-state index is 14.1. The molecule has 3 unspecified atom stereocenters. The number of hydrogen-bond donors (Lipinski definition) is 1. The van der Waals surface area contributed by atoms with E-state index in [0.29, 0.717) is 5.69 Å². The van der Waals surface area contributed by atoms with Gasteiger partial charge in [0.05, 0.1) is 29.0 Å². The zero-order valence-corrected chi connectivity index (χ0v) is 16.6. The van der Waals surface area contributed by atoms with Crippen molar-refractivity contribution >= 4 is 27.9 Å². The summed E-state index contributed by atoms with van der Waals surface area (Å²) in [6.07, 6.45) is -1.12. The Balaban J connectivity index is 2.07. The van der Waals surface area contributed by atoms with E-state index in [-0.39, 0.29) is 17.4 Å². The van der Waals surface area contributed by atoms with Gasteiger partial charge in [0.25, 0.3) is 0 Å². The lowest BCUT2D eigenvalue weighted by molar-refractivity contribution is -0.126. The summed E-state index contributed by atoms with van der Waals surface area (Å²) in [6.45, 7) is 6.67. The molecule has 1 aromatic rings. The first-order valence-corrected chi connectivity index (χ1v) is 9.02. The third kappa shape index (κ3) is 4.90. The lowest BCUT2D eigenvalue weighted by atomic mass is 10.1. The summed E-state index contributed by atoms with van der Waals surface area (Å²) in [5, 5.41) is 2.62. The van der Waals surface area contributed by atoms with Crippen LogP contribution in [-0.2, 0) is 16.1 Å². The van der Waals surface area contributed by atoms with Crippen LogP contribution in [0.25, 0.3) is 0 Å². The van der Waals surface area contributed by atoms with E-state index in [9.17, 15) is 18.4 Å². The van der Waals surface area contributed by atoms with Crippen LogP contribution in [0.1, 0.15) is 39.8 Å². The van der Waals surface area contributed by atoms with Crippen LogP contribution >= 0.6 is 15.9 Å². The number of ether oxygens (including phenoxy) is 1.